The molecule has 4 aromatic rings. The normalized spacial score (nSPS) is 11.0. The van der Waals surface area contributed by atoms with Gasteiger partial charge in [-0.2, -0.15) is 5.10 Å². The summed E-state index contributed by atoms with van der Waals surface area (Å²) >= 11 is 0. The Kier molecular flexibility index (Phi) is 4.29. The largest absolute Gasteiger partial charge is 0.423 e. The summed E-state index contributed by atoms with van der Waals surface area (Å²) in [5.41, 5.74) is 2.66. The quantitative estimate of drug-likeness (QED) is 0.546. The van der Waals surface area contributed by atoms with Crippen LogP contribution in [0.25, 0.3) is 11.0 Å². The lowest BCUT2D eigenvalue weighted by Crippen LogP contribution is -2.23. The van der Waals surface area contributed by atoms with Gasteiger partial charge in [-0.25, -0.2) is 14.6 Å². The van der Waals surface area contributed by atoms with Crippen LogP contribution < -0.4 is 10.5 Å². The first-order chi connectivity index (χ1) is 13.1. The van der Waals surface area contributed by atoms with E-state index in [4.69, 9.17) is 0 Å². The standard InChI is InChI=1S/C19H18N6O2/c1-23(17-9-18(26)25(27)19-16(17)6-3-7-21-19)10-14-4-2-5-15(8-14)11-24-13-20-12-22-24/h2-9,12-13,27H,10-11H2,1H3. The lowest BCUT2D eigenvalue weighted by Gasteiger charge is -2.21. The third kappa shape index (κ3) is 3.37. The molecule has 0 bridgehead atoms. The first kappa shape index (κ1) is 16.8. The fourth-order valence-electron chi connectivity index (χ4n) is 3.13. The Morgan fingerprint density at radius 1 is 1.15 bits per heavy atom. The van der Waals surface area contributed by atoms with Crippen molar-refractivity contribution in [2.75, 3.05) is 11.9 Å². The highest BCUT2D eigenvalue weighted by molar-refractivity contribution is 5.89. The summed E-state index contributed by atoms with van der Waals surface area (Å²) in [5.74, 6) is 0. The van der Waals surface area contributed by atoms with Gasteiger partial charge in [0.05, 0.1) is 12.2 Å². The van der Waals surface area contributed by atoms with Gasteiger partial charge in [0.15, 0.2) is 5.65 Å². The molecule has 0 aliphatic rings. The molecule has 0 fully saturated rings. The van der Waals surface area contributed by atoms with E-state index >= 15 is 0 Å². The van der Waals surface area contributed by atoms with Crippen molar-refractivity contribution in [1.29, 1.82) is 0 Å². The van der Waals surface area contributed by atoms with Gasteiger partial charge in [-0.3, -0.25) is 4.79 Å². The van der Waals surface area contributed by atoms with Crippen molar-refractivity contribution in [3.8, 4) is 0 Å². The highest BCUT2D eigenvalue weighted by Gasteiger charge is 2.13. The van der Waals surface area contributed by atoms with Crippen molar-refractivity contribution in [2.45, 2.75) is 13.1 Å². The van der Waals surface area contributed by atoms with Crippen LogP contribution in [-0.4, -0.2) is 36.7 Å². The molecule has 0 amide bonds. The minimum atomic E-state index is -0.511. The fourth-order valence-corrected chi connectivity index (χ4v) is 3.13. The second-order valence-electron chi connectivity index (χ2n) is 6.32. The SMILES string of the molecule is CN(Cc1cccc(Cn2cncn2)c1)c1cc(=O)n(O)c2ncccc12. The molecule has 8 nitrogen and oxygen atoms in total. The van der Waals surface area contributed by atoms with Gasteiger partial charge >= 0.3 is 0 Å². The summed E-state index contributed by atoms with van der Waals surface area (Å²) in [6, 6.07) is 13.2. The molecule has 1 aromatic carbocycles. The number of pyridine rings is 2. The number of nitrogens with zero attached hydrogens (tertiary/aromatic N) is 6. The molecule has 0 aliphatic carbocycles. The summed E-state index contributed by atoms with van der Waals surface area (Å²) in [7, 11) is 1.91. The summed E-state index contributed by atoms with van der Waals surface area (Å²) in [6.45, 7) is 1.25. The summed E-state index contributed by atoms with van der Waals surface area (Å²) in [6.07, 6.45) is 4.74. The van der Waals surface area contributed by atoms with E-state index in [0.29, 0.717) is 23.2 Å². The first-order valence-corrected chi connectivity index (χ1v) is 8.43. The van der Waals surface area contributed by atoms with Crippen molar-refractivity contribution < 1.29 is 5.21 Å². The van der Waals surface area contributed by atoms with Crippen molar-refractivity contribution >= 4 is 16.7 Å². The highest BCUT2D eigenvalue weighted by atomic mass is 16.5. The van der Waals surface area contributed by atoms with Crippen LogP contribution >= 0.6 is 0 Å². The van der Waals surface area contributed by atoms with Crippen LogP contribution in [0.4, 0.5) is 5.69 Å². The number of anilines is 1. The molecule has 0 aliphatic heterocycles. The fraction of sp³-hybridized carbons (Fsp3) is 0.158. The minimum absolute atomic E-state index is 0.242. The zero-order valence-electron chi connectivity index (χ0n) is 14.7. The Labute approximate surface area is 154 Å². The number of fused-ring (bicyclic) bond motifs is 1. The molecule has 136 valence electrons. The van der Waals surface area contributed by atoms with E-state index in [2.05, 4.69) is 21.1 Å². The summed E-state index contributed by atoms with van der Waals surface area (Å²) < 4.78 is 2.34. The van der Waals surface area contributed by atoms with Gasteiger partial charge in [-0.1, -0.05) is 24.3 Å². The second kappa shape index (κ2) is 6.91. The molecular formula is C19H18N6O2. The number of benzene rings is 1. The third-order valence-corrected chi connectivity index (χ3v) is 4.37. The Bertz CT molecular complexity index is 1140. The molecule has 3 heterocycles. The zero-order valence-corrected chi connectivity index (χ0v) is 14.7. The third-order valence-electron chi connectivity index (χ3n) is 4.37. The predicted molar refractivity (Wildman–Crippen MR) is 101 cm³/mol. The van der Waals surface area contributed by atoms with Gasteiger partial charge < -0.3 is 10.1 Å². The van der Waals surface area contributed by atoms with Gasteiger partial charge in [0.25, 0.3) is 5.56 Å². The molecular weight excluding hydrogens is 344 g/mol. The molecule has 8 heteroatoms. The lowest BCUT2D eigenvalue weighted by atomic mass is 10.1. The number of hydrogen-bond acceptors (Lipinski definition) is 6. The summed E-state index contributed by atoms with van der Waals surface area (Å²) in [5, 5.41) is 14.8. The highest BCUT2D eigenvalue weighted by Crippen LogP contribution is 2.24. The van der Waals surface area contributed by atoms with Crippen molar-refractivity contribution in [1.82, 2.24) is 24.5 Å². The Balaban J connectivity index is 1.63. The molecule has 1 N–H and O–H groups in total. The molecule has 27 heavy (non-hydrogen) atoms. The van der Waals surface area contributed by atoms with E-state index < -0.39 is 5.56 Å². The van der Waals surface area contributed by atoms with Crippen molar-refractivity contribution in [3.63, 3.8) is 0 Å². The smallest absolute Gasteiger partial charge is 0.286 e. The number of hydrogen-bond donors (Lipinski definition) is 1. The molecule has 0 unspecified atom stereocenters. The average Bonchev–Trinajstić information content (AvgIpc) is 3.18. The molecule has 4 rings (SSSR count). The number of rotatable bonds is 5. The molecule has 0 atom stereocenters. The van der Waals surface area contributed by atoms with Crippen LogP contribution in [0.15, 0.2) is 66.1 Å². The molecule has 3 aromatic heterocycles. The van der Waals surface area contributed by atoms with Crippen LogP contribution in [0.5, 0.6) is 0 Å². The minimum Gasteiger partial charge on any atom is -0.423 e. The molecule has 0 spiro atoms. The van der Waals surface area contributed by atoms with E-state index in [0.717, 1.165) is 16.8 Å². The summed E-state index contributed by atoms with van der Waals surface area (Å²) in [4.78, 5) is 22.1. The molecule has 0 saturated heterocycles. The molecule has 0 radical (unpaired) electrons. The van der Waals surface area contributed by atoms with Crippen LogP contribution in [0.3, 0.4) is 0 Å². The van der Waals surface area contributed by atoms with Crippen molar-refractivity contribution in [2.24, 2.45) is 0 Å². The van der Waals surface area contributed by atoms with Gasteiger partial charge in [-0.05, 0) is 23.3 Å². The average molecular weight is 362 g/mol. The van der Waals surface area contributed by atoms with E-state index in [-0.39, 0.29) is 5.65 Å². The second-order valence-corrected chi connectivity index (χ2v) is 6.32. The van der Waals surface area contributed by atoms with Crippen LogP contribution in [0.2, 0.25) is 0 Å². The Morgan fingerprint density at radius 2 is 2.00 bits per heavy atom. The van der Waals surface area contributed by atoms with Gasteiger partial charge in [0, 0.05) is 31.2 Å². The van der Waals surface area contributed by atoms with E-state index in [1.165, 1.54) is 12.4 Å². The van der Waals surface area contributed by atoms with Crippen LogP contribution in [-0.2, 0) is 13.1 Å². The molecule has 0 saturated carbocycles. The maximum atomic E-state index is 12.1. The van der Waals surface area contributed by atoms with Gasteiger partial charge in [0.1, 0.15) is 12.7 Å². The Hall–Kier alpha value is -3.68. The van der Waals surface area contributed by atoms with Crippen LogP contribution in [0.1, 0.15) is 11.1 Å². The Morgan fingerprint density at radius 3 is 2.81 bits per heavy atom. The van der Waals surface area contributed by atoms with Crippen LogP contribution in [0, 0.1) is 0 Å². The maximum Gasteiger partial charge on any atom is 0.286 e. The van der Waals surface area contributed by atoms with Gasteiger partial charge in [-0.15, -0.1) is 4.73 Å². The van der Waals surface area contributed by atoms with Gasteiger partial charge in [0.2, 0.25) is 0 Å². The number of aromatic nitrogens is 5. The maximum absolute atomic E-state index is 12.1. The lowest BCUT2D eigenvalue weighted by molar-refractivity contribution is 0.186. The van der Waals surface area contributed by atoms with E-state index in [9.17, 15) is 10.0 Å². The monoisotopic (exact) mass is 362 g/mol. The van der Waals surface area contributed by atoms with E-state index in [1.807, 2.05) is 36.2 Å². The van der Waals surface area contributed by atoms with E-state index in [1.54, 1.807) is 23.3 Å². The first-order valence-electron chi connectivity index (χ1n) is 8.43. The topological polar surface area (TPSA) is 89.1 Å². The predicted octanol–water partition coefficient (Wildman–Crippen LogP) is 1.91. The zero-order chi connectivity index (χ0) is 18.8. The van der Waals surface area contributed by atoms with Crippen molar-refractivity contribution in [3.05, 3.63) is 82.8 Å².